The van der Waals surface area contributed by atoms with Gasteiger partial charge in [0, 0.05) is 12.0 Å². The molecule has 0 unspecified atom stereocenters. The largest absolute Gasteiger partial charge is 0.481 e. The monoisotopic (exact) mass is 312 g/mol. The molecule has 6 heteroatoms. The van der Waals surface area contributed by atoms with Gasteiger partial charge in [-0.15, -0.1) is 0 Å². The summed E-state index contributed by atoms with van der Waals surface area (Å²) < 4.78 is 0. The summed E-state index contributed by atoms with van der Waals surface area (Å²) in [5.74, 6) is -0.887. The van der Waals surface area contributed by atoms with Crippen molar-refractivity contribution in [2.75, 3.05) is 5.32 Å². The zero-order valence-electron chi connectivity index (χ0n) is 12.7. The Bertz CT molecular complexity index is 556. The lowest BCUT2D eigenvalue weighted by Crippen LogP contribution is -2.45. The second kappa shape index (κ2) is 6.80. The molecule has 3 N–H and O–H groups in total. The fourth-order valence-electron chi connectivity index (χ4n) is 1.82. The molecule has 0 aliphatic heterocycles. The van der Waals surface area contributed by atoms with E-state index in [1.54, 1.807) is 19.9 Å². The molecule has 1 rings (SSSR count). The summed E-state index contributed by atoms with van der Waals surface area (Å²) in [7, 11) is 0. The highest BCUT2D eigenvalue weighted by atomic mass is 35.5. The molecule has 1 aromatic rings. The van der Waals surface area contributed by atoms with Crippen LogP contribution in [-0.4, -0.2) is 22.6 Å². The number of carbonyl (C=O) groups is 2. The van der Waals surface area contributed by atoms with Gasteiger partial charge in [-0.05, 0) is 57.4 Å². The van der Waals surface area contributed by atoms with Gasteiger partial charge in [0.2, 0.25) is 0 Å². The number of carboxylic acid groups (broad SMARTS) is 1. The van der Waals surface area contributed by atoms with Crippen molar-refractivity contribution in [3.63, 3.8) is 0 Å². The lowest BCUT2D eigenvalue weighted by molar-refractivity contribution is -0.137. The van der Waals surface area contributed by atoms with E-state index in [1.807, 2.05) is 19.9 Å². The van der Waals surface area contributed by atoms with Crippen molar-refractivity contribution < 1.29 is 14.7 Å². The summed E-state index contributed by atoms with van der Waals surface area (Å²) >= 11 is 6.10. The van der Waals surface area contributed by atoms with Crippen molar-refractivity contribution in [2.24, 2.45) is 0 Å². The van der Waals surface area contributed by atoms with E-state index in [-0.39, 0.29) is 6.42 Å². The molecule has 2 amide bonds. The number of anilines is 1. The molecule has 0 fully saturated rings. The van der Waals surface area contributed by atoms with E-state index in [4.69, 9.17) is 16.7 Å². The number of amides is 2. The van der Waals surface area contributed by atoms with Gasteiger partial charge >= 0.3 is 12.0 Å². The summed E-state index contributed by atoms with van der Waals surface area (Å²) in [5.41, 5.74) is 1.99. The predicted molar refractivity (Wildman–Crippen MR) is 84.0 cm³/mol. The molecule has 21 heavy (non-hydrogen) atoms. The lowest BCUT2D eigenvalue weighted by Gasteiger charge is -2.26. The topological polar surface area (TPSA) is 78.4 Å². The van der Waals surface area contributed by atoms with E-state index >= 15 is 0 Å². The molecule has 0 spiro atoms. The van der Waals surface area contributed by atoms with Gasteiger partial charge in [-0.1, -0.05) is 11.6 Å². The van der Waals surface area contributed by atoms with Crippen LogP contribution in [0, 0.1) is 13.8 Å². The normalized spacial score (nSPS) is 11.1. The van der Waals surface area contributed by atoms with Gasteiger partial charge in [0.15, 0.2) is 0 Å². The second-order valence-electron chi connectivity index (χ2n) is 5.77. The Morgan fingerprint density at radius 2 is 1.81 bits per heavy atom. The molecule has 0 radical (unpaired) electrons. The highest BCUT2D eigenvalue weighted by Crippen LogP contribution is 2.25. The fraction of sp³-hybridized carbons (Fsp3) is 0.467. The van der Waals surface area contributed by atoms with Crippen LogP contribution in [0.3, 0.4) is 0 Å². The van der Waals surface area contributed by atoms with Crippen LogP contribution in [0.5, 0.6) is 0 Å². The van der Waals surface area contributed by atoms with Crippen molar-refractivity contribution in [3.05, 3.63) is 28.3 Å². The van der Waals surface area contributed by atoms with Crippen molar-refractivity contribution in [1.82, 2.24) is 5.32 Å². The summed E-state index contributed by atoms with van der Waals surface area (Å²) in [5, 5.41) is 14.6. The Morgan fingerprint density at radius 3 is 2.38 bits per heavy atom. The highest BCUT2D eigenvalue weighted by molar-refractivity contribution is 6.33. The molecule has 0 atom stereocenters. The van der Waals surface area contributed by atoms with Crippen LogP contribution in [0.15, 0.2) is 12.1 Å². The third kappa shape index (κ3) is 5.63. The van der Waals surface area contributed by atoms with Crippen LogP contribution in [0.4, 0.5) is 10.5 Å². The Kier molecular flexibility index (Phi) is 5.61. The van der Waals surface area contributed by atoms with Crippen LogP contribution in [0.25, 0.3) is 0 Å². The van der Waals surface area contributed by atoms with Gasteiger partial charge < -0.3 is 15.7 Å². The predicted octanol–water partition coefficient (Wildman–Crippen LogP) is 3.72. The van der Waals surface area contributed by atoms with Crippen LogP contribution in [-0.2, 0) is 4.79 Å². The third-order valence-corrected chi connectivity index (χ3v) is 3.56. The maximum atomic E-state index is 12.0. The Labute approximate surface area is 129 Å². The van der Waals surface area contributed by atoms with Crippen LogP contribution >= 0.6 is 11.6 Å². The number of halogens is 1. The maximum absolute atomic E-state index is 12.0. The molecule has 0 bridgehead atoms. The summed E-state index contributed by atoms with van der Waals surface area (Å²) in [6.45, 7) is 7.43. The zero-order valence-corrected chi connectivity index (χ0v) is 13.5. The molecule has 0 saturated heterocycles. The van der Waals surface area contributed by atoms with Gasteiger partial charge in [-0.25, -0.2) is 4.79 Å². The highest BCUT2D eigenvalue weighted by Gasteiger charge is 2.22. The molecule has 0 saturated carbocycles. The molecule has 0 aliphatic rings. The number of carbonyl (C=O) groups excluding carboxylic acids is 1. The van der Waals surface area contributed by atoms with E-state index in [0.717, 1.165) is 11.1 Å². The maximum Gasteiger partial charge on any atom is 0.319 e. The van der Waals surface area contributed by atoms with Gasteiger partial charge in [-0.2, -0.15) is 0 Å². The van der Waals surface area contributed by atoms with Crippen LogP contribution in [0.1, 0.15) is 37.8 Å². The minimum Gasteiger partial charge on any atom is -0.481 e. The van der Waals surface area contributed by atoms with E-state index < -0.39 is 17.5 Å². The van der Waals surface area contributed by atoms with Gasteiger partial charge in [-0.3, -0.25) is 4.79 Å². The lowest BCUT2D eigenvalue weighted by atomic mass is 9.99. The molecule has 116 valence electrons. The Morgan fingerprint density at radius 1 is 1.24 bits per heavy atom. The number of benzene rings is 1. The van der Waals surface area contributed by atoms with Crippen LogP contribution in [0.2, 0.25) is 5.02 Å². The van der Waals surface area contributed by atoms with E-state index in [1.165, 1.54) is 0 Å². The van der Waals surface area contributed by atoms with Crippen LogP contribution < -0.4 is 10.6 Å². The number of hydrogen-bond acceptors (Lipinski definition) is 2. The molecule has 0 aliphatic carbocycles. The molecule has 5 nitrogen and oxygen atoms in total. The Balaban J connectivity index is 2.69. The van der Waals surface area contributed by atoms with Gasteiger partial charge in [0.25, 0.3) is 0 Å². The smallest absolute Gasteiger partial charge is 0.319 e. The number of carboxylic acids is 1. The molecule has 0 heterocycles. The number of urea groups is 1. The number of nitrogens with one attached hydrogen (secondary N) is 2. The van der Waals surface area contributed by atoms with Crippen molar-refractivity contribution >= 4 is 29.3 Å². The first-order valence-electron chi connectivity index (χ1n) is 6.68. The number of rotatable bonds is 5. The zero-order chi connectivity index (χ0) is 16.2. The SMILES string of the molecule is Cc1cc(Cl)c(NC(=O)NC(C)(C)CCC(=O)O)cc1C. The minimum absolute atomic E-state index is 0.00231. The van der Waals surface area contributed by atoms with Crippen molar-refractivity contribution in [1.29, 1.82) is 0 Å². The van der Waals surface area contributed by atoms with Crippen molar-refractivity contribution in [2.45, 2.75) is 46.1 Å². The summed E-state index contributed by atoms with van der Waals surface area (Å²) in [6, 6.07) is 3.19. The second-order valence-corrected chi connectivity index (χ2v) is 6.18. The van der Waals surface area contributed by atoms with Gasteiger partial charge in [0.05, 0.1) is 10.7 Å². The fourth-order valence-corrected chi connectivity index (χ4v) is 2.09. The standard InChI is InChI=1S/C15H21ClN2O3/c1-9-7-11(16)12(8-10(9)2)17-14(21)18-15(3,4)6-5-13(19)20/h7-8H,5-6H2,1-4H3,(H,19,20)(H2,17,18,21). The van der Waals surface area contributed by atoms with Crippen molar-refractivity contribution in [3.8, 4) is 0 Å². The van der Waals surface area contributed by atoms with Gasteiger partial charge in [0.1, 0.15) is 0 Å². The molecule has 1 aromatic carbocycles. The number of aliphatic carboxylic acids is 1. The molecule has 0 aromatic heterocycles. The van der Waals surface area contributed by atoms with E-state index in [9.17, 15) is 9.59 Å². The minimum atomic E-state index is -0.887. The molecular weight excluding hydrogens is 292 g/mol. The average molecular weight is 313 g/mol. The Hall–Kier alpha value is -1.75. The number of aryl methyl sites for hydroxylation is 2. The van der Waals surface area contributed by atoms with E-state index in [2.05, 4.69) is 10.6 Å². The summed E-state index contributed by atoms with van der Waals surface area (Å²) in [4.78, 5) is 22.6. The quantitative estimate of drug-likeness (QED) is 0.775. The molecular formula is C15H21ClN2O3. The first kappa shape index (κ1) is 17.3. The first-order chi connectivity index (χ1) is 9.60. The first-order valence-corrected chi connectivity index (χ1v) is 7.06. The number of hydrogen-bond donors (Lipinski definition) is 3. The third-order valence-electron chi connectivity index (χ3n) is 3.25. The summed E-state index contributed by atoms with van der Waals surface area (Å²) in [6.07, 6.45) is 0.341. The van der Waals surface area contributed by atoms with E-state index in [0.29, 0.717) is 17.1 Å². The average Bonchev–Trinajstić information content (AvgIpc) is 2.33.